The van der Waals surface area contributed by atoms with Gasteiger partial charge in [-0.1, -0.05) is 48.8 Å². The summed E-state index contributed by atoms with van der Waals surface area (Å²) < 4.78 is 11.5. The van der Waals surface area contributed by atoms with Gasteiger partial charge in [-0.05, 0) is 43.5 Å². The fraction of sp³-hybridized carbons (Fsp3) is 0.364. The normalized spacial score (nSPS) is 11.2. The molecule has 0 fully saturated rings. The summed E-state index contributed by atoms with van der Waals surface area (Å²) in [6, 6.07) is 13.4. The molecule has 2 aromatic rings. The van der Waals surface area contributed by atoms with Crippen molar-refractivity contribution >= 4 is 11.7 Å². The minimum absolute atomic E-state index is 0.282. The number of rotatable bonds is 9. The molecule has 2 aromatic carbocycles. The van der Waals surface area contributed by atoms with Crippen LogP contribution in [-0.4, -0.2) is 18.8 Å². The molecular formula is C22H27NO4. The van der Waals surface area contributed by atoms with E-state index in [4.69, 9.17) is 14.3 Å². The number of hydrogen-bond donors (Lipinski definition) is 0. The zero-order valence-electron chi connectivity index (χ0n) is 16.5. The number of carbonyl (C=O) groups is 1. The molecule has 0 aliphatic heterocycles. The second-order valence-corrected chi connectivity index (χ2v) is 6.38. The van der Waals surface area contributed by atoms with Crippen LogP contribution in [0.25, 0.3) is 0 Å². The Morgan fingerprint density at radius 1 is 1.07 bits per heavy atom. The first-order chi connectivity index (χ1) is 13.0. The quantitative estimate of drug-likeness (QED) is 0.271. The lowest BCUT2D eigenvalue weighted by molar-refractivity contribution is -0.127. The van der Waals surface area contributed by atoms with Crippen LogP contribution in [-0.2, 0) is 16.2 Å². The molecule has 0 aromatic heterocycles. The largest absolute Gasteiger partial charge is 0.488 e. The van der Waals surface area contributed by atoms with Crippen molar-refractivity contribution in [2.45, 2.75) is 46.6 Å². The molecule has 0 saturated carbocycles. The number of benzene rings is 2. The molecule has 27 heavy (non-hydrogen) atoms. The number of nitrogens with zero attached hydrogens (tertiary/aromatic N) is 1. The van der Waals surface area contributed by atoms with E-state index in [2.05, 4.69) is 12.1 Å². The summed E-state index contributed by atoms with van der Waals surface area (Å²) in [6.07, 6.45) is 2.31. The Morgan fingerprint density at radius 2 is 1.85 bits per heavy atom. The zero-order valence-corrected chi connectivity index (χ0v) is 16.5. The van der Waals surface area contributed by atoms with Crippen LogP contribution in [0.2, 0.25) is 0 Å². The summed E-state index contributed by atoms with van der Waals surface area (Å²) >= 11 is 0. The van der Waals surface area contributed by atoms with Crippen LogP contribution >= 0.6 is 0 Å². The first-order valence-corrected chi connectivity index (χ1v) is 9.15. The number of ether oxygens (including phenoxy) is 2. The lowest BCUT2D eigenvalue weighted by Gasteiger charge is -2.13. The number of para-hydroxylation sites is 1. The van der Waals surface area contributed by atoms with Gasteiger partial charge in [0.1, 0.15) is 25.2 Å². The molecule has 5 nitrogen and oxygen atoms in total. The van der Waals surface area contributed by atoms with E-state index in [1.165, 1.54) is 7.11 Å². The second kappa shape index (κ2) is 10.4. The Balaban J connectivity index is 2.11. The monoisotopic (exact) mass is 369 g/mol. The standard InChI is InChI=1S/C22H27NO4/c1-5-6-10-19(23-25-4)22(24)27-20-11-8-7-9-18(20)15-26-21-14-16(2)12-13-17(21)3/h7-9,11-14H,5-6,10,15H2,1-4H3. The van der Waals surface area contributed by atoms with E-state index in [-0.39, 0.29) is 5.71 Å². The van der Waals surface area contributed by atoms with E-state index in [1.807, 2.05) is 50.2 Å². The highest BCUT2D eigenvalue weighted by atomic mass is 16.6. The zero-order chi connectivity index (χ0) is 19.6. The van der Waals surface area contributed by atoms with Crippen molar-refractivity contribution in [3.8, 4) is 11.5 Å². The van der Waals surface area contributed by atoms with E-state index in [1.54, 1.807) is 6.07 Å². The van der Waals surface area contributed by atoms with Crippen LogP contribution in [0.4, 0.5) is 0 Å². The van der Waals surface area contributed by atoms with Gasteiger partial charge in [-0.15, -0.1) is 0 Å². The van der Waals surface area contributed by atoms with Crippen molar-refractivity contribution in [2.24, 2.45) is 5.16 Å². The maximum absolute atomic E-state index is 12.5. The van der Waals surface area contributed by atoms with Gasteiger partial charge in [-0.3, -0.25) is 0 Å². The Morgan fingerprint density at radius 3 is 2.59 bits per heavy atom. The smallest absolute Gasteiger partial charge is 0.361 e. The summed E-state index contributed by atoms with van der Waals surface area (Å²) in [5, 5.41) is 3.81. The number of carbonyl (C=O) groups excluding carboxylic acids is 1. The summed E-state index contributed by atoms with van der Waals surface area (Å²) in [4.78, 5) is 17.2. The molecule has 0 atom stereocenters. The van der Waals surface area contributed by atoms with Crippen LogP contribution < -0.4 is 9.47 Å². The van der Waals surface area contributed by atoms with E-state index in [0.717, 1.165) is 35.3 Å². The van der Waals surface area contributed by atoms with Crippen molar-refractivity contribution in [3.05, 3.63) is 59.2 Å². The predicted molar refractivity (Wildman–Crippen MR) is 106 cm³/mol. The second-order valence-electron chi connectivity index (χ2n) is 6.38. The Labute approximate surface area is 160 Å². The van der Waals surface area contributed by atoms with Gasteiger partial charge >= 0.3 is 5.97 Å². The molecule has 0 N–H and O–H groups in total. The Hall–Kier alpha value is -2.82. The number of hydrogen-bond acceptors (Lipinski definition) is 5. The van der Waals surface area contributed by atoms with E-state index < -0.39 is 5.97 Å². The maximum atomic E-state index is 12.5. The van der Waals surface area contributed by atoms with Crippen LogP contribution in [0.5, 0.6) is 11.5 Å². The highest BCUT2D eigenvalue weighted by molar-refractivity contribution is 6.36. The third-order valence-corrected chi connectivity index (χ3v) is 4.11. The van der Waals surface area contributed by atoms with Gasteiger partial charge in [0.05, 0.1) is 0 Å². The average Bonchev–Trinajstić information content (AvgIpc) is 2.66. The van der Waals surface area contributed by atoms with E-state index >= 15 is 0 Å². The van der Waals surface area contributed by atoms with Crippen LogP contribution in [0.1, 0.15) is 42.9 Å². The molecule has 0 unspecified atom stereocenters. The molecule has 0 heterocycles. The topological polar surface area (TPSA) is 57.1 Å². The number of unbranched alkanes of at least 4 members (excludes halogenated alkanes) is 1. The Kier molecular flexibility index (Phi) is 7.86. The summed E-state index contributed by atoms with van der Waals surface area (Å²) in [7, 11) is 1.42. The van der Waals surface area contributed by atoms with Gasteiger partial charge in [0.25, 0.3) is 0 Å². The average molecular weight is 369 g/mol. The van der Waals surface area contributed by atoms with Crippen molar-refractivity contribution < 1.29 is 19.1 Å². The van der Waals surface area contributed by atoms with Crippen LogP contribution in [0.15, 0.2) is 47.6 Å². The summed E-state index contributed by atoms with van der Waals surface area (Å²) in [5.41, 5.74) is 3.26. The third kappa shape index (κ3) is 6.13. The summed E-state index contributed by atoms with van der Waals surface area (Å²) in [6.45, 7) is 6.38. The molecule has 0 aliphatic rings. The van der Waals surface area contributed by atoms with Gasteiger partial charge in [0, 0.05) is 12.0 Å². The fourth-order valence-electron chi connectivity index (χ4n) is 2.54. The van der Waals surface area contributed by atoms with Crippen molar-refractivity contribution in [1.82, 2.24) is 0 Å². The molecule has 0 spiro atoms. The lowest BCUT2D eigenvalue weighted by Crippen LogP contribution is -2.21. The number of oxime groups is 1. The maximum Gasteiger partial charge on any atom is 0.361 e. The van der Waals surface area contributed by atoms with E-state index in [9.17, 15) is 4.79 Å². The highest BCUT2D eigenvalue weighted by Gasteiger charge is 2.17. The number of aryl methyl sites for hydroxylation is 2. The van der Waals surface area contributed by atoms with Crippen LogP contribution in [0.3, 0.4) is 0 Å². The molecule has 0 bridgehead atoms. The first kappa shape index (κ1) is 20.5. The first-order valence-electron chi connectivity index (χ1n) is 9.15. The predicted octanol–water partition coefficient (Wildman–Crippen LogP) is 4.98. The fourth-order valence-corrected chi connectivity index (χ4v) is 2.54. The lowest BCUT2D eigenvalue weighted by atomic mass is 10.1. The summed E-state index contributed by atoms with van der Waals surface area (Å²) in [5.74, 6) is 0.790. The van der Waals surface area contributed by atoms with Gasteiger partial charge < -0.3 is 14.3 Å². The number of esters is 1. The molecule has 144 valence electrons. The van der Waals surface area contributed by atoms with Gasteiger partial charge in [0.2, 0.25) is 0 Å². The minimum atomic E-state index is -0.496. The molecule has 0 aliphatic carbocycles. The third-order valence-electron chi connectivity index (χ3n) is 4.11. The molecular weight excluding hydrogens is 342 g/mol. The Bertz CT molecular complexity index is 799. The van der Waals surface area contributed by atoms with Gasteiger partial charge in [-0.25, -0.2) is 4.79 Å². The van der Waals surface area contributed by atoms with Crippen molar-refractivity contribution in [2.75, 3.05) is 7.11 Å². The van der Waals surface area contributed by atoms with Crippen LogP contribution in [0, 0.1) is 13.8 Å². The molecule has 2 rings (SSSR count). The molecule has 5 heteroatoms. The van der Waals surface area contributed by atoms with Crippen molar-refractivity contribution in [3.63, 3.8) is 0 Å². The van der Waals surface area contributed by atoms with Gasteiger partial charge in [-0.2, -0.15) is 0 Å². The highest BCUT2D eigenvalue weighted by Crippen LogP contribution is 2.24. The van der Waals surface area contributed by atoms with Crippen molar-refractivity contribution in [1.29, 1.82) is 0 Å². The van der Waals surface area contributed by atoms with E-state index in [0.29, 0.717) is 18.8 Å². The molecule has 0 radical (unpaired) electrons. The SMILES string of the molecule is CCCCC(=NOC)C(=O)Oc1ccccc1COc1cc(C)ccc1C. The molecule has 0 saturated heterocycles. The minimum Gasteiger partial charge on any atom is -0.488 e. The van der Waals surface area contributed by atoms with Gasteiger partial charge in [0.15, 0.2) is 5.71 Å². The molecule has 0 amide bonds.